The van der Waals surface area contributed by atoms with Crippen molar-refractivity contribution in [1.82, 2.24) is 0 Å². The summed E-state index contributed by atoms with van der Waals surface area (Å²) in [6, 6.07) is 10.3. The van der Waals surface area contributed by atoms with Gasteiger partial charge in [-0.25, -0.2) is 16.8 Å². The van der Waals surface area contributed by atoms with Gasteiger partial charge in [-0.3, -0.25) is 20.2 Å². The van der Waals surface area contributed by atoms with Gasteiger partial charge in [-0.05, 0) is 183 Å². The van der Waals surface area contributed by atoms with Crippen molar-refractivity contribution in [2.24, 2.45) is 46.3 Å². The van der Waals surface area contributed by atoms with Crippen molar-refractivity contribution >= 4 is 31.0 Å². The van der Waals surface area contributed by atoms with Crippen LogP contribution in [0.25, 0.3) is 0 Å². The van der Waals surface area contributed by atoms with Gasteiger partial charge in [-0.2, -0.15) is 0 Å². The number of aliphatic hydroxyl groups excluding tert-OH is 4. The Bertz CT molecular complexity index is 2590. The molecule has 2 aromatic carbocycles. The predicted molar refractivity (Wildman–Crippen MR) is 287 cm³/mol. The molecule has 0 heterocycles. The number of fused-ring (bicyclic) bond motifs is 2. The van der Waals surface area contributed by atoms with E-state index in [0.29, 0.717) is 73.3 Å². The lowest BCUT2D eigenvalue weighted by Crippen LogP contribution is -2.36. The summed E-state index contributed by atoms with van der Waals surface area (Å²) in [6.07, 6.45) is 19.7. The second kappa shape index (κ2) is 23.3. The summed E-state index contributed by atoms with van der Waals surface area (Å²) in [6.45, 7) is 17.1. The molecular weight excluding hydrogens is 981 g/mol. The van der Waals surface area contributed by atoms with Gasteiger partial charge in [-0.15, -0.1) is 0 Å². The van der Waals surface area contributed by atoms with E-state index in [2.05, 4.69) is 53.0 Å². The quantitative estimate of drug-likeness (QED) is 0.102. The van der Waals surface area contributed by atoms with Crippen molar-refractivity contribution in [3.05, 3.63) is 140 Å². The van der Waals surface area contributed by atoms with Crippen LogP contribution in [-0.2, 0) is 19.7 Å². The molecule has 12 atom stereocenters. The van der Waals surface area contributed by atoms with Gasteiger partial charge in [0.1, 0.15) is 0 Å². The predicted octanol–water partition coefficient (Wildman–Crippen LogP) is 11.1. The maximum absolute atomic E-state index is 12.9. The molecule has 16 heteroatoms. The molecule has 0 saturated heterocycles. The Balaban J connectivity index is 0.000000216. The van der Waals surface area contributed by atoms with Crippen LogP contribution in [0.2, 0.25) is 0 Å². The van der Waals surface area contributed by atoms with Crippen molar-refractivity contribution in [2.45, 2.75) is 165 Å². The van der Waals surface area contributed by atoms with Crippen LogP contribution in [0, 0.1) is 66.6 Å². The molecule has 14 nitrogen and oxygen atoms in total. The zero-order chi connectivity index (χ0) is 53.9. The zero-order valence-corrected chi connectivity index (χ0v) is 45.2. The maximum Gasteiger partial charge on any atom is 0.269 e. The van der Waals surface area contributed by atoms with Crippen LogP contribution in [0.1, 0.15) is 130 Å². The third-order valence-electron chi connectivity index (χ3n) is 18.5. The Morgan fingerprint density at radius 3 is 1.30 bits per heavy atom. The van der Waals surface area contributed by atoms with E-state index < -0.39 is 53.9 Å². The lowest BCUT2D eigenvalue weighted by molar-refractivity contribution is -0.385. The van der Waals surface area contributed by atoms with Crippen molar-refractivity contribution < 1.29 is 47.1 Å². The fourth-order valence-corrected chi connectivity index (χ4v) is 17.2. The van der Waals surface area contributed by atoms with Crippen molar-refractivity contribution in [1.29, 1.82) is 0 Å². The highest BCUT2D eigenvalue weighted by Gasteiger charge is 2.52. The topological polar surface area (TPSA) is 235 Å². The lowest BCUT2D eigenvalue weighted by Gasteiger charge is -2.44. The molecule has 2 aromatic rings. The SMILES string of the molecule is C=C1/C(=C\C=C2/CCC[C@]3(C)[C@@H]([C@H](C)CCS(=O)(=O)c4ccc([N+](=O)[O-])cc4)CC[C@@H]23)C[C@@H](O)C[C@@H]1O.C=C1/C(=C\C=C2/CCC[C@]3(C)[C@@H]([C@H](C)CCS(=O)(=O)c4ccc([N+](=O)[O-])cc4)CC[C@@H]23)C[C@H](O)C[C@H]1O. The summed E-state index contributed by atoms with van der Waals surface area (Å²) in [5, 5.41) is 62.2. The number of aliphatic hydroxyl groups is 4. The average Bonchev–Trinajstić information content (AvgIpc) is 3.91. The van der Waals surface area contributed by atoms with E-state index in [1.807, 2.05) is 12.2 Å². The minimum absolute atomic E-state index is 0.0325. The van der Waals surface area contributed by atoms with Gasteiger partial charge < -0.3 is 20.4 Å². The first-order valence-corrected chi connectivity index (χ1v) is 30.0. The zero-order valence-electron chi connectivity index (χ0n) is 43.6. The van der Waals surface area contributed by atoms with Gasteiger partial charge in [0.15, 0.2) is 19.7 Å². The highest BCUT2D eigenvalue weighted by molar-refractivity contribution is 7.91. The minimum atomic E-state index is -3.51. The van der Waals surface area contributed by atoms with Gasteiger partial charge >= 0.3 is 0 Å². The first kappa shape index (κ1) is 57.1. The van der Waals surface area contributed by atoms with Crippen molar-refractivity contribution in [3.8, 4) is 0 Å². The lowest BCUT2D eigenvalue weighted by atomic mass is 9.61. The third-order valence-corrected chi connectivity index (χ3v) is 22.0. The Hall–Kier alpha value is -4.58. The van der Waals surface area contributed by atoms with Crippen LogP contribution >= 0.6 is 0 Å². The largest absolute Gasteiger partial charge is 0.393 e. The number of hydrogen-bond donors (Lipinski definition) is 4. The normalized spacial score (nSPS) is 33.5. The molecule has 8 rings (SSSR count). The van der Waals surface area contributed by atoms with Crippen molar-refractivity contribution in [2.75, 3.05) is 11.5 Å². The fraction of sp³-hybridized carbons (Fsp3) is 0.586. The summed E-state index contributed by atoms with van der Waals surface area (Å²) < 4.78 is 51.7. The third kappa shape index (κ3) is 12.6. The summed E-state index contributed by atoms with van der Waals surface area (Å²) in [4.78, 5) is 21.0. The number of benzene rings is 2. The van der Waals surface area contributed by atoms with Gasteiger partial charge in [0, 0.05) is 37.1 Å². The molecule has 0 aliphatic heterocycles. The number of nitro groups is 2. The molecule has 0 amide bonds. The van der Waals surface area contributed by atoms with Crippen LogP contribution in [0.5, 0.6) is 0 Å². The molecule has 0 radical (unpaired) electrons. The molecular formula is C58H78N2O12S2. The number of allylic oxidation sites excluding steroid dienone is 6. The molecule has 0 spiro atoms. The average molecular weight is 1060 g/mol. The van der Waals surface area contributed by atoms with E-state index in [-0.39, 0.29) is 55.3 Å². The van der Waals surface area contributed by atoms with Gasteiger partial charge in [0.05, 0.1) is 55.6 Å². The van der Waals surface area contributed by atoms with E-state index in [1.165, 1.54) is 59.7 Å². The van der Waals surface area contributed by atoms with E-state index in [1.54, 1.807) is 0 Å². The van der Waals surface area contributed by atoms with Crippen LogP contribution in [0.4, 0.5) is 11.4 Å². The number of hydrogen-bond acceptors (Lipinski definition) is 12. The Morgan fingerprint density at radius 1 is 0.608 bits per heavy atom. The Labute approximate surface area is 438 Å². The van der Waals surface area contributed by atoms with Crippen molar-refractivity contribution in [3.63, 3.8) is 0 Å². The summed E-state index contributed by atoms with van der Waals surface area (Å²) in [7, 11) is -7.03. The number of non-ortho nitro benzene ring substituents is 2. The highest BCUT2D eigenvalue weighted by Crippen LogP contribution is 2.61. The molecule has 4 N–H and O–H groups in total. The number of rotatable bonds is 14. The molecule has 6 aliphatic rings. The molecule has 6 aliphatic carbocycles. The van der Waals surface area contributed by atoms with Gasteiger partial charge in [0.25, 0.3) is 11.4 Å². The molecule has 0 aromatic heterocycles. The second-order valence-corrected chi connectivity index (χ2v) is 27.2. The smallest absolute Gasteiger partial charge is 0.269 e. The maximum atomic E-state index is 12.9. The molecule has 6 saturated carbocycles. The van der Waals surface area contributed by atoms with Gasteiger partial charge in [-0.1, -0.05) is 76.3 Å². The molecule has 0 unspecified atom stereocenters. The van der Waals surface area contributed by atoms with Crippen LogP contribution in [0.3, 0.4) is 0 Å². The fourth-order valence-electron chi connectivity index (χ4n) is 14.2. The van der Waals surface area contributed by atoms with Crippen LogP contribution in [0.15, 0.2) is 129 Å². The standard InChI is InChI=1S/2C29H39NO6S/c2*1-19(14-16-37(35,36)25-10-8-23(9-11-25)30(33)34)26-12-13-27-21(5-4-15-29(26,27)3)6-7-22-17-24(31)18-28(32)20(22)2/h2*6-11,19,24,26-28,31-32H,2,4-5,12-18H2,1,3H3/b2*21-6+,22-7-/t19-,24+,26-,27+,28-,29-;19-,24-,26-,27+,28+,29-/m11/s1. The first-order valence-electron chi connectivity index (χ1n) is 26.7. The first-order chi connectivity index (χ1) is 34.8. The summed E-state index contributed by atoms with van der Waals surface area (Å²) in [5.41, 5.74) is 6.07. The number of nitrogens with zero attached hydrogens (tertiary/aromatic N) is 2. The van der Waals surface area contributed by atoms with Gasteiger partial charge in [0.2, 0.25) is 0 Å². The second-order valence-electron chi connectivity index (χ2n) is 23.0. The molecule has 0 bridgehead atoms. The van der Waals surface area contributed by atoms with E-state index >= 15 is 0 Å². The van der Waals surface area contributed by atoms with E-state index in [0.717, 1.165) is 75.4 Å². The molecule has 6 fully saturated rings. The number of nitro benzene ring substituents is 2. The Morgan fingerprint density at radius 2 is 0.959 bits per heavy atom. The molecule has 74 heavy (non-hydrogen) atoms. The monoisotopic (exact) mass is 1060 g/mol. The minimum Gasteiger partial charge on any atom is -0.393 e. The highest BCUT2D eigenvalue weighted by atomic mass is 32.2. The number of sulfone groups is 2. The van der Waals surface area contributed by atoms with Crippen LogP contribution in [-0.4, -0.2) is 83.0 Å². The van der Waals surface area contributed by atoms with Crippen LogP contribution < -0.4 is 0 Å². The molecule has 404 valence electrons. The Kier molecular flexibility index (Phi) is 18.0. The van der Waals surface area contributed by atoms with E-state index in [9.17, 15) is 57.5 Å². The van der Waals surface area contributed by atoms with E-state index in [4.69, 9.17) is 0 Å². The summed E-state index contributed by atoms with van der Waals surface area (Å²) in [5.74, 6) is 2.29. The summed E-state index contributed by atoms with van der Waals surface area (Å²) >= 11 is 0.